The fourth-order valence-electron chi connectivity index (χ4n) is 2.52. The molecular formula is C22H17F7O5. The molecule has 0 saturated heterocycles. The van der Waals surface area contributed by atoms with Gasteiger partial charge in [-0.25, -0.2) is 9.59 Å². The molecule has 0 saturated carbocycles. The van der Waals surface area contributed by atoms with Gasteiger partial charge in [0.15, 0.2) is 0 Å². The molecule has 1 N–H and O–H groups in total. The third-order valence-corrected chi connectivity index (χ3v) is 4.32. The molecule has 5 nitrogen and oxygen atoms in total. The molecule has 2 aromatic carbocycles. The minimum absolute atomic E-state index is 0.0667. The minimum Gasteiger partial charge on any atom is -0.494 e. The number of benzene rings is 2. The van der Waals surface area contributed by atoms with Crippen molar-refractivity contribution in [2.75, 3.05) is 6.61 Å². The number of rotatable bonds is 10. The molecule has 2 aromatic rings. The van der Waals surface area contributed by atoms with E-state index in [0.717, 1.165) is 6.08 Å². The third kappa shape index (κ3) is 6.96. The van der Waals surface area contributed by atoms with E-state index in [1.807, 2.05) is 0 Å². The van der Waals surface area contributed by atoms with Crippen molar-refractivity contribution in [3.63, 3.8) is 0 Å². The number of aliphatic carboxylic acids is 1. The molecular weight excluding hydrogens is 477 g/mol. The Kier molecular flexibility index (Phi) is 8.30. The summed E-state index contributed by atoms with van der Waals surface area (Å²) < 4.78 is 98.6. The van der Waals surface area contributed by atoms with Crippen molar-refractivity contribution < 1.29 is 54.9 Å². The van der Waals surface area contributed by atoms with Crippen molar-refractivity contribution >= 4 is 18.0 Å². The SMILES string of the molecule is O=C(O)/C=C/c1ccc(OC(=O)c2ccc(OCCCC(F)(F)C(F)(F)C(F)(F)F)cc2)cc1. The quantitative estimate of drug-likeness (QED) is 0.144. The first-order chi connectivity index (χ1) is 15.7. The van der Waals surface area contributed by atoms with Gasteiger partial charge < -0.3 is 14.6 Å². The third-order valence-electron chi connectivity index (χ3n) is 4.32. The van der Waals surface area contributed by atoms with E-state index in [-0.39, 0.29) is 17.1 Å². The molecule has 0 aliphatic heterocycles. The molecule has 0 aromatic heterocycles. The highest BCUT2D eigenvalue weighted by Crippen LogP contribution is 2.48. The lowest BCUT2D eigenvalue weighted by atomic mass is 10.1. The molecule has 0 aliphatic rings. The summed E-state index contributed by atoms with van der Waals surface area (Å²) in [5.41, 5.74) is 0.641. The van der Waals surface area contributed by atoms with Crippen molar-refractivity contribution in [3.8, 4) is 11.5 Å². The second-order valence-corrected chi connectivity index (χ2v) is 6.88. The van der Waals surface area contributed by atoms with Crippen LogP contribution in [0.4, 0.5) is 30.7 Å². The van der Waals surface area contributed by atoms with Gasteiger partial charge in [0.25, 0.3) is 0 Å². The van der Waals surface area contributed by atoms with Gasteiger partial charge in [0.1, 0.15) is 11.5 Å². The average molecular weight is 494 g/mol. The first-order valence-corrected chi connectivity index (χ1v) is 9.51. The Morgan fingerprint density at radius 2 is 1.41 bits per heavy atom. The van der Waals surface area contributed by atoms with Crippen LogP contribution in [0.15, 0.2) is 54.6 Å². The highest BCUT2D eigenvalue weighted by Gasteiger charge is 2.72. The fourth-order valence-corrected chi connectivity index (χ4v) is 2.52. The van der Waals surface area contributed by atoms with Gasteiger partial charge in [0, 0.05) is 12.5 Å². The predicted octanol–water partition coefficient (Wildman–Crippen LogP) is 6.00. The first kappa shape index (κ1) is 26.7. The molecule has 184 valence electrons. The van der Waals surface area contributed by atoms with Crippen LogP contribution >= 0.6 is 0 Å². The van der Waals surface area contributed by atoms with Gasteiger partial charge in [0.05, 0.1) is 12.2 Å². The van der Waals surface area contributed by atoms with E-state index in [9.17, 15) is 40.3 Å². The molecule has 0 radical (unpaired) electrons. The van der Waals surface area contributed by atoms with Crippen LogP contribution in [0.3, 0.4) is 0 Å². The molecule has 0 atom stereocenters. The van der Waals surface area contributed by atoms with Gasteiger partial charge in [-0.1, -0.05) is 12.1 Å². The number of carbonyl (C=O) groups is 2. The lowest BCUT2D eigenvalue weighted by Gasteiger charge is -2.28. The summed E-state index contributed by atoms with van der Waals surface area (Å²) in [5, 5.41) is 8.58. The standard InChI is InChI=1S/C22H17F7O5/c23-20(24,21(25,26)22(27,28)29)12-1-13-33-16-9-5-15(6-10-16)19(32)34-17-7-2-14(3-8-17)4-11-18(30)31/h2-11H,1,12-13H2,(H,30,31)/b11-4+. The Labute approximate surface area is 188 Å². The Morgan fingerprint density at radius 3 is 1.94 bits per heavy atom. The van der Waals surface area contributed by atoms with Crippen LogP contribution in [-0.4, -0.2) is 41.7 Å². The lowest BCUT2D eigenvalue weighted by molar-refractivity contribution is -0.355. The van der Waals surface area contributed by atoms with Crippen LogP contribution in [0.25, 0.3) is 6.08 Å². The Morgan fingerprint density at radius 1 is 0.853 bits per heavy atom. The molecule has 34 heavy (non-hydrogen) atoms. The maximum absolute atomic E-state index is 13.2. The van der Waals surface area contributed by atoms with Crippen molar-refractivity contribution in [2.24, 2.45) is 0 Å². The molecule has 0 aliphatic carbocycles. The normalized spacial score (nSPS) is 12.6. The topological polar surface area (TPSA) is 72.8 Å². The maximum Gasteiger partial charge on any atom is 0.459 e. The fraction of sp³-hybridized carbons (Fsp3) is 0.273. The number of carboxylic acids is 1. The first-order valence-electron chi connectivity index (χ1n) is 9.51. The van der Waals surface area contributed by atoms with Crippen molar-refractivity contribution in [1.29, 1.82) is 0 Å². The number of carboxylic acid groups (broad SMARTS) is 1. The Hall–Kier alpha value is -3.57. The molecule has 0 bridgehead atoms. The van der Waals surface area contributed by atoms with E-state index in [2.05, 4.69) is 0 Å². The summed E-state index contributed by atoms with van der Waals surface area (Å²) >= 11 is 0. The number of alkyl halides is 7. The van der Waals surface area contributed by atoms with Crippen LogP contribution in [0.2, 0.25) is 0 Å². The largest absolute Gasteiger partial charge is 0.494 e. The summed E-state index contributed by atoms with van der Waals surface area (Å²) in [5.74, 6) is -13.1. The van der Waals surface area contributed by atoms with Gasteiger partial charge in [0.2, 0.25) is 0 Å². The molecule has 0 spiro atoms. The van der Waals surface area contributed by atoms with E-state index >= 15 is 0 Å². The highest BCUT2D eigenvalue weighted by atomic mass is 19.4. The van der Waals surface area contributed by atoms with Crippen molar-refractivity contribution in [2.45, 2.75) is 30.9 Å². The second-order valence-electron chi connectivity index (χ2n) is 6.88. The number of carbonyl (C=O) groups excluding carboxylic acids is 1. The smallest absolute Gasteiger partial charge is 0.459 e. The monoisotopic (exact) mass is 494 g/mol. The summed E-state index contributed by atoms with van der Waals surface area (Å²) in [7, 11) is 0. The Bertz CT molecular complexity index is 1010. The van der Waals surface area contributed by atoms with E-state index in [4.69, 9.17) is 14.6 Å². The van der Waals surface area contributed by atoms with Gasteiger partial charge in [-0.2, -0.15) is 30.7 Å². The van der Waals surface area contributed by atoms with E-state index in [1.54, 1.807) is 0 Å². The summed E-state index contributed by atoms with van der Waals surface area (Å²) in [6.07, 6.45) is -6.61. The van der Waals surface area contributed by atoms with Gasteiger partial charge in [-0.3, -0.25) is 0 Å². The molecule has 0 amide bonds. The van der Waals surface area contributed by atoms with E-state index in [1.165, 1.54) is 54.6 Å². The van der Waals surface area contributed by atoms with Crippen molar-refractivity contribution in [3.05, 3.63) is 65.7 Å². The molecule has 0 heterocycles. The Balaban J connectivity index is 1.86. The zero-order valence-electron chi connectivity index (χ0n) is 17.1. The van der Waals surface area contributed by atoms with Crippen molar-refractivity contribution in [1.82, 2.24) is 0 Å². The second kappa shape index (κ2) is 10.6. The van der Waals surface area contributed by atoms with Gasteiger partial charge in [-0.15, -0.1) is 0 Å². The van der Waals surface area contributed by atoms with Crippen LogP contribution < -0.4 is 9.47 Å². The molecule has 0 fully saturated rings. The summed E-state index contributed by atoms with van der Waals surface area (Å²) in [6.45, 7) is -0.560. The number of ether oxygens (including phenoxy) is 2. The zero-order valence-corrected chi connectivity index (χ0v) is 17.1. The summed E-state index contributed by atoms with van der Waals surface area (Å²) in [4.78, 5) is 22.7. The molecule has 0 unspecified atom stereocenters. The predicted molar refractivity (Wildman–Crippen MR) is 105 cm³/mol. The van der Waals surface area contributed by atoms with E-state index < -0.39 is 49.4 Å². The van der Waals surface area contributed by atoms with Crippen LogP contribution in [-0.2, 0) is 4.79 Å². The number of hydrogen-bond acceptors (Lipinski definition) is 4. The van der Waals surface area contributed by atoms with E-state index in [0.29, 0.717) is 5.56 Å². The minimum atomic E-state index is -6.37. The molecule has 12 heteroatoms. The average Bonchev–Trinajstić information content (AvgIpc) is 2.75. The maximum atomic E-state index is 13.2. The van der Waals surface area contributed by atoms with Crippen LogP contribution in [0.1, 0.15) is 28.8 Å². The molecule has 2 rings (SSSR count). The zero-order chi connectivity index (χ0) is 25.6. The number of esters is 1. The van der Waals surface area contributed by atoms with Gasteiger partial charge >= 0.3 is 30.0 Å². The lowest BCUT2D eigenvalue weighted by Crippen LogP contribution is -2.51. The number of halogens is 7. The van der Waals surface area contributed by atoms with Gasteiger partial charge in [-0.05, 0) is 54.5 Å². The van der Waals surface area contributed by atoms with Crippen LogP contribution in [0, 0.1) is 0 Å². The number of hydrogen-bond donors (Lipinski definition) is 1. The summed E-state index contributed by atoms with van der Waals surface area (Å²) in [6, 6.07) is 11.0. The van der Waals surface area contributed by atoms with Crippen LogP contribution in [0.5, 0.6) is 11.5 Å². The highest BCUT2D eigenvalue weighted by molar-refractivity contribution is 5.91.